The molecule has 29 heavy (non-hydrogen) atoms. The highest BCUT2D eigenvalue weighted by Gasteiger charge is 2.37. The topological polar surface area (TPSA) is 83.0 Å². The zero-order valence-corrected chi connectivity index (χ0v) is 18.1. The highest BCUT2D eigenvalue weighted by molar-refractivity contribution is 7.89. The van der Waals surface area contributed by atoms with Gasteiger partial charge in [-0.2, -0.15) is 4.31 Å². The number of hydrogen-bond acceptors (Lipinski definition) is 6. The van der Waals surface area contributed by atoms with Gasteiger partial charge in [-0.3, -0.25) is 4.98 Å². The first-order valence-corrected chi connectivity index (χ1v) is 11.2. The first-order chi connectivity index (χ1) is 13.7. The van der Waals surface area contributed by atoms with Gasteiger partial charge in [0.1, 0.15) is 16.7 Å². The van der Waals surface area contributed by atoms with Gasteiger partial charge in [0, 0.05) is 37.4 Å². The second-order valence-electron chi connectivity index (χ2n) is 7.90. The second kappa shape index (κ2) is 8.79. The minimum absolute atomic E-state index is 0.0566. The molecule has 0 spiro atoms. The van der Waals surface area contributed by atoms with Crippen molar-refractivity contribution in [2.75, 3.05) is 33.8 Å². The Balaban J connectivity index is 2.14. The van der Waals surface area contributed by atoms with Crippen LogP contribution in [0.5, 0.6) is 5.75 Å². The van der Waals surface area contributed by atoms with Gasteiger partial charge >= 0.3 is 0 Å². The Morgan fingerprint density at radius 3 is 2.55 bits per heavy atom. The van der Waals surface area contributed by atoms with E-state index in [1.54, 1.807) is 37.5 Å². The van der Waals surface area contributed by atoms with Gasteiger partial charge in [-0.25, -0.2) is 8.42 Å². The maximum Gasteiger partial charge on any atom is 0.247 e. The molecule has 2 heterocycles. The van der Waals surface area contributed by atoms with Gasteiger partial charge in [0.15, 0.2) is 0 Å². The van der Waals surface area contributed by atoms with Gasteiger partial charge in [-0.15, -0.1) is 0 Å². The number of sulfonamides is 1. The number of ether oxygens (including phenoxy) is 1. The minimum Gasteiger partial charge on any atom is -0.487 e. The summed E-state index contributed by atoms with van der Waals surface area (Å²) in [6, 6.07) is 8.39. The van der Waals surface area contributed by atoms with E-state index in [4.69, 9.17) is 4.74 Å². The molecule has 1 N–H and O–H groups in total. The molecule has 158 valence electrons. The van der Waals surface area contributed by atoms with E-state index in [0.717, 1.165) is 11.1 Å². The van der Waals surface area contributed by atoms with Crippen molar-refractivity contribution >= 4 is 10.0 Å². The summed E-state index contributed by atoms with van der Waals surface area (Å²) in [6.45, 7) is 4.41. The molecule has 3 atom stereocenters. The average Bonchev–Trinajstić information content (AvgIpc) is 2.70. The number of rotatable bonds is 5. The minimum atomic E-state index is -3.82. The lowest BCUT2D eigenvalue weighted by Crippen LogP contribution is -2.49. The molecule has 2 aromatic rings. The van der Waals surface area contributed by atoms with E-state index in [0.29, 0.717) is 12.3 Å². The zero-order valence-electron chi connectivity index (χ0n) is 17.3. The van der Waals surface area contributed by atoms with E-state index in [9.17, 15) is 13.5 Å². The lowest BCUT2D eigenvalue weighted by Gasteiger charge is -2.37. The summed E-state index contributed by atoms with van der Waals surface area (Å²) in [5.41, 5.74) is 1.79. The molecule has 3 rings (SSSR count). The normalized spacial score (nSPS) is 23.0. The Labute approximate surface area is 173 Å². The number of fused-ring (bicyclic) bond motifs is 1. The molecule has 0 saturated carbocycles. The van der Waals surface area contributed by atoms with E-state index in [-0.39, 0.29) is 30.1 Å². The molecule has 0 amide bonds. The number of pyridine rings is 1. The van der Waals surface area contributed by atoms with Crippen LogP contribution in [0.15, 0.2) is 47.6 Å². The largest absolute Gasteiger partial charge is 0.487 e. The number of aliphatic hydroxyl groups excluding tert-OH is 1. The predicted octanol–water partition coefficient (Wildman–Crippen LogP) is 2.08. The lowest BCUT2D eigenvalue weighted by atomic mass is 10.0. The van der Waals surface area contributed by atoms with Gasteiger partial charge < -0.3 is 14.7 Å². The average molecular weight is 420 g/mol. The Morgan fingerprint density at radius 1 is 1.24 bits per heavy atom. The molecule has 0 saturated heterocycles. The van der Waals surface area contributed by atoms with Gasteiger partial charge in [0.2, 0.25) is 10.0 Å². The van der Waals surface area contributed by atoms with Crippen LogP contribution in [0.2, 0.25) is 0 Å². The molecule has 0 aliphatic carbocycles. The fraction of sp³-hybridized carbons (Fsp3) is 0.476. The molecule has 0 unspecified atom stereocenters. The van der Waals surface area contributed by atoms with E-state index in [2.05, 4.69) is 4.98 Å². The molecule has 0 fully saturated rings. The molecule has 0 radical (unpaired) electrons. The fourth-order valence-corrected chi connectivity index (χ4v) is 5.35. The maximum atomic E-state index is 13.4. The summed E-state index contributed by atoms with van der Waals surface area (Å²) < 4.78 is 34.5. The third-order valence-electron chi connectivity index (χ3n) is 5.23. The van der Waals surface area contributed by atoms with Crippen molar-refractivity contribution < 1.29 is 18.3 Å². The number of aliphatic hydroxyl groups is 1. The molecule has 1 aromatic carbocycles. The van der Waals surface area contributed by atoms with Crippen LogP contribution >= 0.6 is 0 Å². The summed E-state index contributed by atoms with van der Waals surface area (Å²) in [5, 5.41) is 9.67. The Hall–Kier alpha value is -2.00. The number of nitrogens with zero attached hydrogens (tertiary/aromatic N) is 3. The summed E-state index contributed by atoms with van der Waals surface area (Å²) in [5.74, 6) is 0.284. The SMILES string of the molecule is C[C@H]1CN([C@@H](C)CO)S(=O)(=O)c2ccc(-c3ccncc3)cc2O[C@H]1CN(C)C. The molecule has 1 aliphatic rings. The van der Waals surface area contributed by atoms with E-state index < -0.39 is 16.1 Å². The smallest absolute Gasteiger partial charge is 0.247 e. The quantitative estimate of drug-likeness (QED) is 0.799. The molecule has 7 nitrogen and oxygen atoms in total. The van der Waals surface area contributed by atoms with Crippen LogP contribution in [0.25, 0.3) is 11.1 Å². The van der Waals surface area contributed by atoms with Gasteiger partial charge in [-0.1, -0.05) is 13.0 Å². The van der Waals surface area contributed by atoms with Gasteiger partial charge in [-0.05, 0) is 56.4 Å². The fourth-order valence-electron chi connectivity index (χ4n) is 3.53. The Bertz CT molecular complexity index is 934. The third kappa shape index (κ3) is 4.61. The highest BCUT2D eigenvalue weighted by atomic mass is 32.2. The molecule has 1 aliphatic heterocycles. The Morgan fingerprint density at radius 2 is 1.93 bits per heavy atom. The van der Waals surface area contributed by atoms with Crippen molar-refractivity contribution in [1.29, 1.82) is 0 Å². The summed E-state index contributed by atoms with van der Waals surface area (Å²) in [4.78, 5) is 6.20. The van der Waals surface area contributed by atoms with Gasteiger partial charge in [0.05, 0.1) is 6.61 Å². The van der Waals surface area contributed by atoms with Crippen LogP contribution in [-0.2, 0) is 10.0 Å². The van der Waals surface area contributed by atoms with Crippen LogP contribution in [0.3, 0.4) is 0 Å². The Kier molecular flexibility index (Phi) is 6.58. The number of aromatic nitrogens is 1. The van der Waals surface area contributed by atoms with Crippen molar-refractivity contribution in [3.63, 3.8) is 0 Å². The van der Waals surface area contributed by atoms with Crippen LogP contribution < -0.4 is 4.74 Å². The highest BCUT2D eigenvalue weighted by Crippen LogP contribution is 2.36. The number of benzene rings is 1. The first kappa shape index (κ1) is 21.7. The molecular weight excluding hydrogens is 390 g/mol. The molecule has 1 aromatic heterocycles. The van der Waals surface area contributed by atoms with Gasteiger partial charge in [0.25, 0.3) is 0 Å². The van der Waals surface area contributed by atoms with Crippen LogP contribution in [0.4, 0.5) is 0 Å². The molecule has 0 bridgehead atoms. The lowest BCUT2D eigenvalue weighted by molar-refractivity contribution is 0.0813. The van der Waals surface area contributed by atoms with E-state index in [1.165, 1.54) is 4.31 Å². The van der Waals surface area contributed by atoms with E-state index >= 15 is 0 Å². The summed E-state index contributed by atoms with van der Waals surface area (Å²) in [7, 11) is 0.117. The maximum absolute atomic E-state index is 13.4. The van der Waals surface area contributed by atoms with Crippen molar-refractivity contribution in [1.82, 2.24) is 14.2 Å². The summed E-state index contributed by atoms with van der Waals surface area (Å²) in [6.07, 6.45) is 3.21. The first-order valence-electron chi connectivity index (χ1n) is 9.72. The van der Waals surface area contributed by atoms with Crippen LogP contribution in [-0.4, -0.2) is 73.7 Å². The predicted molar refractivity (Wildman–Crippen MR) is 112 cm³/mol. The van der Waals surface area contributed by atoms with E-state index in [1.807, 2.05) is 38.1 Å². The second-order valence-corrected chi connectivity index (χ2v) is 9.76. The van der Waals surface area contributed by atoms with Crippen molar-refractivity contribution in [3.05, 3.63) is 42.7 Å². The third-order valence-corrected chi connectivity index (χ3v) is 7.25. The zero-order chi connectivity index (χ0) is 21.2. The molecule has 8 heteroatoms. The van der Waals surface area contributed by atoms with Crippen molar-refractivity contribution in [3.8, 4) is 16.9 Å². The van der Waals surface area contributed by atoms with Crippen LogP contribution in [0.1, 0.15) is 13.8 Å². The number of likely N-dealkylation sites (N-methyl/N-ethyl adjacent to an activating group) is 1. The summed E-state index contributed by atoms with van der Waals surface area (Å²) >= 11 is 0. The monoisotopic (exact) mass is 419 g/mol. The van der Waals surface area contributed by atoms with Crippen LogP contribution in [0, 0.1) is 5.92 Å². The van der Waals surface area contributed by atoms with Crippen molar-refractivity contribution in [2.45, 2.75) is 30.9 Å². The standard InChI is InChI=1S/C21H29N3O4S/c1-15-12-24(16(2)14-25)29(26,27)21-6-5-18(17-7-9-22-10-8-17)11-19(21)28-20(15)13-23(3)4/h5-11,15-16,20,25H,12-14H2,1-4H3/t15-,16-,20-/m0/s1. The molecular formula is C21H29N3O4S. The number of hydrogen-bond donors (Lipinski definition) is 1. The van der Waals surface area contributed by atoms with Crippen molar-refractivity contribution in [2.24, 2.45) is 5.92 Å².